The summed E-state index contributed by atoms with van der Waals surface area (Å²) in [7, 11) is 3.26. The van der Waals surface area contributed by atoms with Gasteiger partial charge in [-0.2, -0.15) is 0 Å². The van der Waals surface area contributed by atoms with E-state index < -0.39 is 0 Å². The molecule has 3 aliphatic rings. The molecule has 6 rings (SSSR count). The van der Waals surface area contributed by atoms with Gasteiger partial charge in [-0.1, -0.05) is 18.2 Å². The molecule has 206 valence electrons. The predicted molar refractivity (Wildman–Crippen MR) is 150 cm³/mol. The van der Waals surface area contributed by atoms with Crippen molar-refractivity contribution in [2.75, 3.05) is 40.4 Å². The maximum absolute atomic E-state index is 13.5. The van der Waals surface area contributed by atoms with Crippen molar-refractivity contribution in [2.24, 2.45) is 5.41 Å². The van der Waals surface area contributed by atoms with Crippen LogP contribution < -0.4 is 25.0 Å². The minimum absolute atomic E-state index is 0.156. The van der Waals surface area contributed by atoms with Crippen molar-refractivity contribution < 1.29 is 19.0 Å². The topological polar surface area (TPSA) is 82.0 Å². The first-order valence-corrected chi connectivity index (χ1v) is 13.5. The van der Waals surface area contributed by atoms with Gasteiger partial charge in [0.2, 0.25) is 5.43 Å². The normalized spacial score (nSPS) is 19.9. The molecule has 0 radical (unpaired) electrons. The highest BCUT2D eigenvalue weighted by atomic mass is 16.5. The third kappa shape index (κ3) is 6.11. The Balaban J connectivity index is 1.39. The van der Waals surface area contributed by atoms with E-state index in [4.69, 9.17) is 14.2 Å². The van der Waals surface area contributed by atoms with Crippen LogP contribution in [-0.2, 0) is 13.2 Å². The van der Waals surface area contributed by atoms with Gasteiger partial charge in [0.1, 0.15) is 23.8 Å². The zero-order chi connectivity index (χ0) is 27.4. The molecule has 3 aromatic rings. The van der Waals surface area contributed by atoms with Crippen LogP contribution in [0.4, 0.5) is 0 Å². The molecule has 8 nitrogen and oxygen atoms in total. The maximum atomic E-state index is 13.5. The maximum Gasteiger partial charge on any atom is 0.268 e. The van der Waals surface area contributed by atoms with Crippen molar-refractivity contribution >= 4 is 5.91 Å². The van der Waals surface area contributed by atoms with Gasteiger partial charge in [-0.05, 0) is 92.2 Å². The van der Waals surface area contributed by atoms with Crippen LogP contribution in [0.25, 0.3) is 0 Å². The standard InChI is InChI=1S/C31H37N3O5/c1-22-16-26(38-3)9-6-24(22)18-34-19-29(39-20-23-4-7-25(37-2)8-5-23)28(35)17-27(34)30(36)32-21-31-10-13-33(14-11-31)15-12-31/h4-9,16-17,19H,10-15,18,20-21H2,1-3H3,(H,32,36). The number of aromatic nitrogens is 1. The highest BCUT2D eigenvalue weighted by Gasteiger charge is 2.39. The molecule has 2 bridgehead atoms. The number of aryl methyl sites for hydroxylation is 1. The van der Waals surface area contributed by atoms with E-state index in [0.717, 1.165) is 67.1 Å². The smallest absolute Gasteiger partial charge is 0.268 e. The average molecular weight is 532 g/mol. The summed E-state index contributed by atoms with van der Waals surface area (Å²) in [6.45, 7) is 6.57. The van der Waals surface area contributed by atoms with Gasteiger partial charge in [0.15, 0.2) is 5.75 Å². The lowest BCUT2D eigenvalue weighted by Gasteiger charge is -2.48. The molecule has 8 heteroatoms. The number of amides is 1. The molecule has 0 spiro atoms. The largest absolute Gasteiger partial charge is 0.497 e. The summed E-state index contributed by atoms with van der Waals surface area (Å²) in [6.07, 6.45) is 4.96. The molecule has 0 atom stereocenters. The van der Waals surface area contributed by atoms with Crippen LogP contribution in [0.2, 0.25) is 0 Å². The molecular formula is C31H37N3O5. The molecule has 0 unspecified atom stereocenters. The molecule has 1 amide bonds. The molecule has 3 fully saturated rings. The molecule has 4 heterocycles. The summed E-state index contributed by atoms with van der Waals surface area (Å²) >= 11 is 0. The fourth-order valence-electron chi connectivity index (χ4n) is 5.55. The Kier molecular flexibility index (Phi) is 7.93. The van der Waals surface area contributed by atoms with Gasteiger partial charge in [0.25, 0.3) is 5.91 Å². The zero-order valence-corrected chi connectivity index (χ0v) is 23.0. The Bertz CT molecular complexity index is 1360. The first kappa shape index (κ1) is 26.8. The number of ether oxygens (including phenoxy) is 3. The van der Waals surface area contributed by atoms with Crippen LogP contribution in [0.15, 0.2) is 59.5 Å². The molecule has 2 aromatic carbocycles. The Morgan fingerprint density at radius 1 is 0.949 bits per heavy atom. The number of carbonyl (C=O) groups excluding carboxylic acids is 1. The fraction of sp³-hybridized carbons (Fsp3) is 0.419. The Labute approximate surface area is 229 Å². The quantitative estimate of drug-likeness (QED) is 0.426. The number of piperidine rings is 3. The predicted octanol–water partition coefficient (Wildman–Crippen LogP) is 4.02. The van der Waals surface area contributed by atoms with Gasteiger partial charge in [-0.25, -0.2) is 0 Å². The van der Waals surface area contributed by atoms with E-state index in [-0.39, 0.29) is 29.1 Å². The number of benzene rings is 2. The van der Waals surface area contributed by atoms with E-state index in [2.05, 4.69) is 10.2 Å². The van der Waals surface area contributed by atoms with Crippen molar-refractivity contribution in [3.8, 4) is 17.2 Å². The molecule has 1 N–H and O–H groups in total. The number of hydrogen-bond acceptors (Lipinski definition) is 6. The van der Waals surface area contributed by atoms with E-state index in [0.29, 0.717) is 18.8 Å². The number of methoxy groups -OCH3 is 2. The van der Waals surface area contributed by atoms with E-state index >= 15 is 0 Å². The van der Waals surface area contributed by atoms with Crippen molar-refractivity contribution in [1.29, 1.82) is 0 Å². The van der Waals surface area contributed by atoms with Gasteiger partial charge in [-0.15, -0.1) is 0 Å². The van der Waals surface area contributed by atoms with Gasteiger partial charge < -0.3 is 29.0 Å². The lowest BCUT2D eigenvalue weighted by atomic mass is 9.72. The summed E-state index contributed by atoms with van der Waals surface area (Å²) in [5.41, 5.74) is 3.13. The second-order valence-corrected chi connectivity index (χ2v) is 10.7. The summed E-state index contributed by atoms with van der Waals surface area (Å²) in [6, 6.07) is 14.8. The molecule has 0 saturated carbocycles. The first-order valence-electron chi connectivity index (χ1n) is 13.5. The van der Waals surface area contributed by atoms with Crippen LogP contribution >= 0.6 is 0 Å². The number of nitrogens with one attached hydrogen (secondary N) is 1. The molecule has 3 aliphatic heterocycles. The van der Waals surface area contributed by atoms with E-state index in [1.54, 1.807) is 20.4 Å². The third-order valence-electron chi connectivity index (χ3n) is 8.27. The summed E-state index contributed by atoms with van der Waals surface area (Å²) in [5.74, 6) is 1.49. The van der Waals surface area contributed by atoms with Crippen LogP contribution in [0, 0.1) is 12.3 Å². The first-order chi connectivity index (χ1) is 18.9. The number of rotatable bonds is 10. The van der Waals surface area contributed by atoms with E-state index in [1.807, 2.05) is 54.0 Å². The Morgan fingerprint density at radius 3 is 2.26 bits per heavy atom. The van der Waals surface area contributed by atoms with Crippen molar-refractivity contribution in [2.45, 2.75) is 39.3 Å². The fourth-order valence-corrected chi connectivity index (χ4v) is 5.55. The lowest BCUT2D eigenvalue weighted by molar-refractivity contribution is 0.0261. The molecule has 0 aliphatic carbocycles. The molecule has 39 heavy (non-hydrogen) atoms. The van der Waals surface area contributed by atoms with Crippen molar-refractivity contribution in [3.63, 3.8) is 0 Å². The molecule has 1 aromatic heterocycles. The van der Waals surface area contributed by atoms with E-state index in [1.165, 1.54) is 6.07 Å². The van der Waals surface area contributed by atoms with Gasteiger partial charge >= 0.3 is 0 Å². The van der Waals surface area contributed by atoms with Crippen LogP contribution in [-0.4, -0.2) is 55.8 Å². The number of carbonyl (C=O) groups is 1. The summed E-state index contributed by atoms with van der Waals surface area (Å²) in [4.78, 5) is 29.1. The molecule has 3 saturated heterocycles. The van der Waals surface area contributed by atoms with Gasteiger partial charge in [-0.3, -0.25) is 9.59 Å². The Morgan fingerprint density at radius 2 is 1.62 bits per heavy atom. The van der Waals surface area contributed by atoms with E-state index in [9.17, 15) is 9.59 Å². The summed E-state index contributed by atoms with van der Waals surface area (Å²) in [5, 5.41) is 3.17. The number of fused-ring (bicyclic) bond motifs is 3. The minimum Gasteiger partial charge on any atom is -0.497 e. The molecular weight excluding hydrogens is 494 g/mol. The van der Waals surface area contributed by atoms with Gasteiger partial charge in [0.05, 0.1) is 20.4 Å². The highest BCUT2D eigenvalue weighted by Crippen LogP contribution is 2.39. The zero-order valence-electron chi connectivity index (χ0n) is 23.0. The van der Waals surface area contributed by atoms with Crippen molar-refractivity contribution in [1.82, 2.24) is 14.8 Å². The highest BCUT2D eigenvalue weighted by molar-refractivity contribution is 5.92. The Hall–Kier alpha value is -3.78. The lowest BCUT2D eigenvalue weighted by Crippen LogP contribution is -2.52. The number of pyridine rings is 1. The van der Waals surface area contributed by atoms with Gasteiger partial charge in [0, 0.05) is 19.2 Å². The average Bonchev–Trinajstić information content (AvgIpc) is 2.98. The second kappa shape index (κ2) is 11.5. The van der Waals surface area contributed by atoms with Crippen molar-refractivity contribution in [3.05, 3.63) is 87.3 Å². The van der Waals surface area contributed by atoms with Crippen LogP contribution in [0.3, 0.4) is 0 Å². The SMILES string of the molecule is COc1ccc(COc2cn(Cc3ccc(OC)cc3C)c(C(=O)NCC34CCN(CC3)CC4)cc2=O)cc1. The minimum atomic E-state index is -0.319. The second-order valence-electron chi connectivity index (χ2n) is 10.7. The van der Waals surface area contributed by atoms with Crippen LogP contribution in [0.1, 0.15) is 46.4 Å². The third-order valence-corrected chi connectivity index (χ3v) is 8.27. The number of nitrogens with zero attached hydrogens (tertiary/aromatic N) is 2. The number of hydrogen-bond donors (Lipinski definition) is 1. The van der Waals surface area contributed by atoms with Crippen LogP contribution in [0.5, 0.6) is 17.2 Å². The monoisotopic (exact) mass is 531 g/mol. The summed E-state index contributed by atoms with van der Waals surface area (Å²) < 4.78 is 18.3.